The van der Waals surface area contributed by atoms with Crippen molar-refractivity contribution in [1.29, 1.82) is 0 Å². The van der Waals surface area contributed by atoms with Gasteiger partial charge < -0.3 is 14.6 Å². The van der Waals surface area contributed by atoms with E-state index in [1.807, 2.05) is 36.4 Å². The van der Waals surface area contributed by atoms with Gasteiger partial charge in [0.1, 0.15) is 16.9 Å². The number of hydrogen-bond donors (Lipinski definition) is 2. The number of benzene rings is 2. The Morgan fingerprint density at radius 3 is 2.89 bits per heavy atom. The number of rotatable bonds is 4. The first kappa shape index (κ1) is 17.7. The van der Waals surface area contributed by atoms with Gasteiger partial charge >= 0.3 is 5.97 Å². The van der Waals surface area contributed by atoms with Crippen molar-refractivity contribution < 1.29 is 24.2 Å². The molecule has 2 N–H and O–H groups in total. The maximum Gasteiger partial charge on any atom is 0.352 e. The van der Waals surface area contributed by atoms with E-state index in [0.29, 0.717) is 12.0 Å². The molecule has 3 aromatic rings. The molecule has 0 bridgehead atoms. The Bertz CT molecular complexity index is 1170. The molecule has 2 atom stereocenters. The van der Waals surface area contributed by atoms with Gasteiger partial charge in [0.2, 0.25) is 5.91 Å². The number of aliphatic carboxylic acids is 1. The number of carboxylic acids is 1. The summed E-state index contributed by atoms with van der Waals surface area (Å²) in [5.74, 6) is -1.22. The minimum Gasteiger partial charge on any atom is -0.477 e. The van der Waals surface area contributed by atoms with Crippen LogP contribution < -0.4 is 0 Å². The summed E-state index contributed by atoms with van der Waals surface area (Å²) in [4.78, 5) is 25.7. The van der Waals surface area contributed by atoms with Gasteiger partial charge in [-0.3, -0.25) is 9.69 Å². The number of furan rings is 1. The number of carbonyl (C=O) groups is 2. The average Bonchev–Trinajstić information content (AvgIpc) is 3.05. The van der Waals surface area contributed by atoms with Gasteiger partial charge in [-0.05, 0) is 29.8 Å². The third-order valence-corrected chi connectivity index (χ3v) is 7.60. The van der Waals surface area contributed by atoms with E-state index in [2.05, 4.69) is 0 Å². The maximum atomic E-state index is 11.8. The standard InChI is InChI=1S/C20H15NO5S2/c22-9-10-4-5-11-14(6-10)26-13-2-1-3-15(19(11)13)27-18-7-12(20(24)25)21-16(23)8-17(21)28-18/h1-7,17-18,22H,8-9H2,(H,24,25)/t17-,18?/m1/s1. The second-order valence-electron chi connectivity index (χ2n) is 6.62. The third-order valence-electron chi connectivity index (χ3n) is 4.92. The van der Waals surface area contributed by atoms with Gasteiger partial charge in [0, 0.05) is 15.7 Å². The lowest BCUT2D eigenvalue weighted by molar-refractivity contribution is -0.146. The van der Waals surface area contributed by atoms with Crippen molar-refractivity contribution in [1.82, 2.24) is 4.90 Å². The van der Waals surface area contributed by atoms with E-state index in [1.165, 1.54) is 4.90 Å². The highest BCUT2D eigenvalue weighted by Gasteiger charge is 2.45. The van der Waals surface area contributed by atoms with Crippen LogP contribution in [0.2, 0.25) is 0 Å². The quantitative estimate of drug-likeness (QED) is 0.629. The fourth-order valence-corrected chi connectivity index (χ4v) is 6.54. The molecule has 3 heterocycles. The van der Waals surface area contributed by atoms with Crippen LogP contribution in [0.15, 0.2) is 57.5 Å². The largest absolute Gasteiger partial charge is 0.477 e. The van der Waals surface area contributed by atoms with Crippen LogP contribution in [0.3, 0.4) is 0 Å². The minimum absolute atomic E-state index is 0.0489. The molecule has 2 aromatic carbocycles. The zero-order valence-electron chi connectivity index (χ0n) is 14.5. The summed E-state index contributed by atoms with van der Waals surface area (Å²) in [6.45, 7) is -0.0489. The Morgan fingerprint density at radius 2 is 2.14 bits per heavy atom. The number of thioether (sulfide) groups is 2. The molecule has 0 aliphatic carbocycles. The van der Waals surface area contributed by atoms with Crippen molar-refractivity contribution >= 4 is 57.3 Å². The lowest BCUT2D eigenvalue weighted by atomic mass is 10.1. The maximum absolute atomic E-state index is 11.8. The van der Waals surface area contributed by atoms with Crippen LogP contribution in [0.1, 0.15) is 12.0 Å². The van der Waals surface area contributed by atoms with Crippen molar-refractivity contribution in [2.45, 2.75) is 27.9 Å². The molecule has 1 saturated heterocycles. The predicted molar refractivity (Wildman–Crippen MR) is 108 cm³/mol. The molecule has 1 fully saturated rings. The number of carboxylic acid groups (broad SMARTS) is 1. The molecular weight excluding hydrogens is 398 g/mol. The fraction of sp³-hybridized carbons (Fsp3) is 0.200. The Hall–Kier alpha value is -2.42. The molecular formula is C20H15NO5S2. The average molecular weight is 413 g/mol. The summed E-state index contributed by atoms with van der Waals surface area (Å²) in [6.07, 6.45) is 2.02. The number of fused-ring (bicyclic) bond motifs is 4. The molecule has 2 aliphatic rings. The summed E-state index contributed by atoms with van der Waals surface area (Å²) in [6, 6.07) is 11.4. The molecule has 0 radical (unpaired) electrons. The number of β-lactam (4-membered cyclic amide) rings is 1. The van der Waals surface area contributed by atoms with Crippen LogP contribution in [0, 0.1) is 0 Å². The van der Waals surface area contributed by atoms with Gasteiger partial charge in [0.25, 0.3) is 0 Å². The van der Waals surface area contributed by atoms with E-state index >= 15 is 0 Å². The van der Waals surface area contributed by atoms with E-state index in [-0.39, 0.29) is 28.2 Å². The van der Waals surface area contributed by atoms with Crippen LogP contribution in [0.25, 0.3) is 21.9 Å². The molecule has 8 heteroatoms. The SMILES string of the molecule is O=C(O)C1=CC(Sc2cccc3oc4cc(CO)ccc4c23)S[C@@H]2CC(=O)N12. The Morgan fingerprint density at radius 1 is 1.29 bits per heavy atom. The number of carbonyl (C=O) groups excluding carboxylic acids is 1. The Balaban J connectivity index is 1.56. The van der Waals surface area contributed by atoms with Gasteiger partial charge in [-0.15, -0.1) is 23.5 Å². The topological polar surface area (TPSA) is 91.0 Å². The zero-order chi connectivity index (χ0) is 19.4. The van der Waals surface area contributed by atoms with Crippen molar-refractivity contribution in [3.05, 3.63) is 53.7 Å². The van der Waals surface area contributed by atoms with Crippen LogP contribution in [0.5, 0.6) is 0 Å². The summed E-state index contributed by atoms with van der Waals surface area (Å²) in [5.41, 5.74) is 2.31. The summed E-state index contributed by atoms with van der Waals surface area (Å²) in [5, 5.41) is 20.6. The van der Waals surface area contributed by atoms with Gasteiger partial charge in [0.15, 0.2) is 0 Å². The number of amides is 1. The second kappa shape index (κ2) is 6.58. The zero-order valence-corrected chi connectivity index (χ0v) is 16.1. The summed E-state index contributed by atoms with van der Waals surface area (Å²) < 4.78 is 5.84. The second-order valence-corrected chi connectivity index (χ2v) is 9.43. The molecule has 6 nitrogen and oxygen atoms in total. The van der Waals surface area contributed by atoms with Crippen LogP contribution >= 0.6 is 23.5 Å². The van der Waals surface area contributed by atoms with E-state index in [1.54, 1.807) is 29.6 Å². The van der Waals surface area contributed by atoms with Gasteiger partial charge in [-0.2, -0.15) is 0 Å². The van der Waals surface area contributed by atoms with Gasteiger partial charge in [-0.1, -0.05) is 18.2 Å². The van der Waals surface area contributed by atoms with E-state index in [4.69, 9.17) is 4.42 Å². The molecule has 1 unspecified atom stereocenters. The fourth-order valence-electron chi connectivity index (χ4n) is 3.58. The highest BCUT2D eigenvalue weighted by molar-refractivity contribution is 8.17. The molecule has 5 rings (SSSR count). The molecule has 1 aromatic heterocycles. The van der Waals surface area contributed by atoms with Crippen molar-refractivity contribution in [2.75, 3.05) is 0 Å². The lowest BCUT2D eigenvalue weighted by Gasteiger charge is -2.44. The summed E-state index contributed by atoms with van der Waals surface area (Å²) in [7, 11) is 0. The van der Waals surface area contributed by atoms with Crippen molar-refractivity contribution in [3.63, 3.8) is 0 Å². The Labute approximate surface area is 168 Å². The number of hydrogen-bond acceptors (Lipinski definition) is 6. The first-order valence-electron chi connectivity index (χ1n) is 8.69. The van der Waals surface area contributed by atoms with E-state index < -0.39 is 5.97 Å². The minimum atomic E-state index is -1.08. The van der Waals surface area contributed by atoms with Gasteiger partial charge in [0.05, 0.1) is 23.0 Å². The normalized spacial score (nSPS) is 21.5. The highest BCUT2D eigenvalue weighted by Crippen LogP contribution is 2.48. The first-order chi connectivity index (χ1) is 13.5. The van der Waals surface area contributed by atoms with Crippen LogP contribution in [-0.4, -0.2) is 36.9 Å². The Kier molecular flexibility index (Phi) is 4.15. The molecule has 28 heavy (non-hydrogen) atoms. The summed E-state index contributed by atoms with van der Waals surface area (Å²) >= 11 is 3.15. The first-order valence-corrected chi connectivity index (χ1v) is 10.5. The molecule has 142 valence electrons. The van der Waals surface area contributed by atoms with Crippen molar-refractivity contribution in [2.24, 2.45) is 0 Å². The number of nitrogens with zero attached hydrogens (tertiary/aromatic N) is 1. The lowest BCUT2D eigenvalue weighted by Crippen LogP contribution is -2.53. The van der Waals surface area contributed by atoms with Gasteiger partial charge in [-0.25, -0.2) is 4.79 Å². The number of aliphatic hydroxyl groups is 1. The molecule has 1 amide bonds. The monoisotopic (exact) mass is 413 g/mol. The number of aliphatic hydroxyl groups excluding tert-OH is 1. The van der Waals surface area contributed by atoms with Crippen LogP contribution in [0.4, 0.5) is 0 Å². The van der Waals surface area contributed by atoms with Crippen molar-refractivity contribution in [3.8, 4) is 0 Å². The highest BCUT2D eigenvalue weighted by atomic mass is 32.2. The van der Waals surface area contributed by atoms with Crippen LogP contribution in [-0.2, 0) is 16.2 Å². The predicted octanol–water partition coefficient (Wildman–Crippen LogP) is 3.77. The third kappa shape index (κ3) is 2.71. The molecule has 2 aliphatic heterocycles. The molecule has 0 spiro atoms. The van der Waals surface area contributed by atoms with E-state index in [0.717, 1.165) is 26.8 Å². The van der Waals surface area contributed by atoms with E-state index in [9.17, 15) is 19.8 Å². The smallest absolute Gasteiger partial charge is 0.352 e. The molecule has 0 saturated carbocycles.